The minimum absolute atomic E-state index is 0.278. The van der Waals surface area contributed by atoms with E-state index < -0.39 is 11.5 Å². The maximum Gasteiger partial charge on any atom is 0.329 e. The maximum absolute atomic E-state index is 11.6. The van der Waals surface area contributed by atoms with E-state index in [1.807, 2.05) is 49.1 Å². The molecule has 0 aliphatic heterocycles. The van der Waals surface area contributed by atoms with Crippen molar-refractivity contribution < 1.29 is 9.90 Å². The molecule has 0 bridgehead atoms. The topological polar surface area (TPSA) is 40.5 Å². The molecule has 1 N–H and O–H groups in total. The van der Waals surface area contributed by atoms with Crippen molar-refractivity contribution in [3.8, 4) is 0 Å². The minimum atomic E-state index is -0.768. The van der Waals surface area contributed by atoms with E-state index in [2.05, 4.69) is 0 Å². The molecule has 1 saturated carbocycles. The molecular formula is C14H19NO2. The van der Waals surface area contributed by atoms with Crippen LogP contribution in [0.3, 0.4) is 0 Å². The number of hydrogen-bond donors (Lipinski definition) is 1. The van der Waals surface area contributed by atoms with E-state index in [0.717, 1.165) is 18.5 Å². The van der Waals surface area contributed by atoms with Crippen molar-refractivity contribution in [1.82, 2.24) is 0 Å². The maximum atomic E-state index is 11.6. The number of anilines is 1. The number of para-hydroxylation sites is 1. The highest BCUT2D eigenvalue weighted by atomic mass is 16.4. The summed E-state index contributed by atoms with van der Waals surface area (Å²) in [5, 5.41) is 9.56. The number of aliphatic carboxylic acids is 1. The monoisotopic (exact) mass is 233 g/mol. The predicted molar refractivity (Wildman–Crippen MR) is 68.2 cm³/mol. The highest BCUT2D eigenvalue weighted by molar-refractivity contribution is 5.84. The summed E-state index contributed by atoms with van der Waals surface area (Å²) < 4.78 is 0. The lowest BCUT2D eigenvalue weighted by molar-refractivity contribution is -0.143. The number of rotatable bonds is 5. The van der Waals surface area contributed by atoms with Gasteiger partial charge in [-0.25, -0.2) is 4.79 Å². The number of likely N-dealkylation sites (N-methyl/N-ethyl adjacent to an activating group) is 1. The Morgan fingerprint density at radius 1 is 1.41 bits per heavy atom. The molecule has 2 rings (SSSR count). The summed E-state index contributed by atoms with van der Waals surface area (Å²) in [6.45, 7) is 4.57. The molecule has 1 aliphatic carbocycles. The third-order valence-electron chi connectivity index (χ3n) is 3.75. The molecular weight excluding hydrogens is 214 g/mol. The summed E-state index contributed by atoms with van der Waals surface area (Å²) in [4.78, 5) is 13.6. The summed E-state index contributed by atoms with van der Waals surface area (Å²) in [6, 6.07) is 9.81. The van der Waals surface area contributed by atoms with Crippen molar-refractivity contribution >= 4 is 11.7 Å². The van der Waals surface area contributed by atoms with Crippen molar-refractivity contribution in [3.05, 3.63) is 30.3 Å². The summed E-state index contributed by atoms with van der Waals surface area (Å²) in [5.74, 6) is -0.439. The molecule has 3 heteroatoms. The first-order chi connectivity index (χ1) is 8.10. The van der Waals surface area contributed by atoms with E-state index in [9.17, 15) is 9.90 Å². The first-order valence-corrected chi connectivity index (χ1v) is 6.16. The van der Waals surface area contributed by atoms with Crippen LogP contribution in [0.1, 0.15) is 26.7 Å². The fourth-order valence-corrected chi connectivity index (χ4v) is 2.54. The van der Waals surface area contributed by atoms with Crippen molar-refractivity contribution in [3.63, 3.8) is 0 Å². The summed E-state index contributed by atoms with van der Waals surface area (Å²) in [6.07, 6.45) is 2.04. The first-order valence-electron chi connectivity index (χ1n) is 6.16. The second-order valence-electron chi connectivity index (χ2n) is 4.81. The molecule has 1 aromatic rings. The number of benzene rings is 1. The van der Waals surface area contributed by atoms with Gasteiger partial charge in [-0.1, -0.05) is 18.2 Å². The van der Waals surface area contributed by atoms with Gasteiger partial charge in [0, 0.05) is 12.2 Å². The van der Waals surface area contributed by atoms with Gasteiger partial charge in [0.1, 0.15) is 5.54 Å². The molecule has 1 aliphatic rings. The van der Waals surface area contributed by atoms with E-state index in [1.54, 1.807) is 0 Å². The van der Waals surface area contributed by atoms with E-state index in [4.69, 9.17) is 0 Å². The van der Waals surface area contributed by atoms with Crippen LogP contribution < -0.4 is 4.90 Å². The summed E-state index contributed by atoms with van der Waals surface area (Å²) >= 11 is 0. The number of nitrogens with zero attached hydrogens (tertiary/aromatic N) is 1. The van der Waals surface area contributed by atoms with Crippen LogP contribution in [0.4, 0.5) is 5.69 Å². The van der Waals surface area contributed by atoms with Gasteiger partial charge in [-0.2, -0.15) is 0 Å². The lowest BCUT2D eigenvalue weighted by Crippen LogP contribution is -2.54. The van der Waals surface area contributed by atoms with Crippen molar-refractivity contribution in [2.24, 2.45) is 5.92 Å². The van der Waals surface area contributed by atoms with Crippen LogP contribution >= 0.6 is 0 Å². The molecule has 1 atom stereocenters. The normalized spacial score (nSPS) is 18.5. The highest BCUT2D eigenvalue weighted by Crippen LogP contribution is 2.44. The summed E-state index contributed by atoms with van der Waals surface area (Å²) in [5.41, 5.74) is 0.225. The van der Waals surface area contributed by atoms with Gasteiger partial charge < -0.3 is 10.0 Å². The van der Waals surface area contributed by atoms with Gasteiger partial charge in [0.05, 0.1) is 0 Å². The Kier molecular flexibility index (Phi) is 3.09. The van der Waals surface area contributed by atoms with Gasteiger partial charge in [-0.3, -0.25) is 0 Å². The van der Waals surface area contributed by atoms with Gasteiger partial charge >= 0.3 is 5.97 Å². The third-order valence-corrected chi connectivity index (χ3v) is 3.75. The van der Waals surface area contributed by atoms with Gasteiger partial charge in [0.25, 0.3) is 0 Å². The van der Waals surface area contributed by atoms with Crippen LogP contribution in [0.5, 0.6) is 0 Å². The average molecular weight is 233 g/mol. The Labute approximate surface area is 102 Å². The average Bonchev–Trinajstić information content (AvgIpc) is 3.15. The molecule has 0 amide bonds. The van der Waals surface area contributed by atoms with Crippen molar-refractivity contribution in [2.45, 2.75) is 32.2 Å². The van der Waals surface area contributed by atoms with Crippen LogP contribution in [0.15, 0.2) is 30.3 Å². The molecule has 1 fully saturated rings. The lowest BCUT2D eigenvalue weighted by Gasteiger charge is -2.39. The number of carbonyl (C=O) groups is 1. The quantitative estimate of drug-likeness (QED) is 0.850. The van der Waals surface area contributed by atoms with E-state index >= 15 is 0 Å². The van der Waals surface area contributed by atoms with E-state index in [-0.39, 0.29) is 5.92 Å². The van der Waals surface area contributed by atoms with E-state index in [1.165, 1.54) is 0 Å². The van der Waals surface area contributed by atoms with Crippen LogP contribution in [-0.2, 0) is 4.79 Å². The van der Waals surface area contributed by atoms with Crippen molar-refractivity contribution in [2.75, 3.05) is 11.4 Å². The SMILES string of the molecule is CCN(c1ccccc1)C(C)(C(=O)O)C1CC1. The first kappa shape index (κ1) is 12.0. The zero-order valence-corrected chi connectivity index (χ0v) is 10.4. The Bertz CT molecular complexity index is 400. The molecule has 0 radical (unpaired) electrons. The smallest absolute Gasteiger partial charge is 0.329 e. The highest BCUT2D eigenvalue weighted by Gasteiger charge is 2.51. The zero-order chi connectivity index (χ0) is 12.5. The second-order valence-corrected chi connectivity index (χ2v) is 4.81. The fraction of sp³-hybridized carbons (Fsp3) is 0.500. The second kappa shape index (κ2) is 4.40. The molecule has 0 heterocycles. The number of carboxylic acid groups (broad SMARTS) is 1. The molecule has 0 spiro atoms. The zero-order valence-electron chi connectivity index (χ0n) is 10.4. The number of hydrogen-bond acceptors (Lipinski definition) is 2. The minimum Gasteiger partial charge on any atom is -0.479 e. The Hall–Kier alpha value is -1.51. The van der Waals surface area contributed by atoms with Crippen LogP contribution in [0.2, 0.25) is 0 Å². The molecule has 0 saturated heterocycles. The Morgan fingerprint density at radius 3 is 2.41 bits per heavy atom. The van der Waals surface area contributed by atoms with Crippen molar-refractivity contribution in [1.29, 1.82) is 0 Å². The Morgan fingerprint density at radius 2 is 2.00 bits per heavy atom. The molecule has 17 heavy (non-hydrogen) atoms. The molecule has 92 valence electrons. The summed E-state index contributed by atoms with van der Waals surface area (Å²) in [7, 11) is 0. The van der Waals surface area contributed by atoms with Gasteiger partial charge in [-0.15, -0.1) is 0 Å². The van der Waals surface area contributed by atoms with Gasteiger partial charge in [0.2, 0.25) is 0 Å². The largest absolute Gasteiger partial charge is 0.479 e. The third kappa shape index (κ3) is 2.02. The van der Waals surface area contributed by atoms with Crippen LogP contribution in [-0.4, -0.2) is 23.2 Å². The fourth-order valence-electron chi connectivity index (χ4n) is 2.54. The standard InChI is InChI=1S/C14H19NO2/c1-3-15(12-7-5-4-6-8-12)14(2,13(16)17)11-9-10-11/h4-8,11H,3,9-10H2,1-2H3,(H,16,17). The Balaban J connectivity index is 2.36. The van der Waals surface area contributed by atoms with Gasteiger partial charge in [-0.05, 0) is 44.7 Å². The molecule has 1 unspecified atom stereocenters. The van der Waals surface area contributed by atoms with E-state index in [0.29, 0.717) is 6.54 Å². The molecule has 3 nitrogen and oxygen atoms in total. The predicted octanol–water partition coefficient (Wildman–Crippen LogP) is 2.77. The molecule has 0 aromatic heterocycles. The lowest BCUT2D eigenvalue weighted by atomic mass is 9.92. The molecule has 1 aromatic carbocycles. The number of carboxylic acids is 1. The van der Waals surface area contributed by atoms with Crippen LogP contribution in [0.25, 0.3) is 0 Å². The van der Waals surface area contributed by atoms with Crippen LogP contribution in [0, 0.1) is 5.92 Å². The van der Waals surface area contributed by atoms with Gasteiger partial charge in [0.15, 0.2) is 0 Å².